The highest BCUT2D eigenvalue weighted by molar-refractivity contribution is 6.42. The van der Waals surface area contributed by atoms with Crippen LogP contribution < -0.4 is 9.47 Å². The minimum Gasteiger partial charge on any atom is -0.489 e. The molecule has 2 rings (SSSR count). The van der Waals surface area contributed by atoms with Gasteiger partial charge in [0, 0.05) is 0 Å². The third-order valence-electron chi connectivity index (χ3n) is 2.78. The first-order valence-corrected chi connectivity index (χ1v) is 7.14. The molecule has 0 aromatic heterocycles. The summed E-state index contributed by atoms with van der Waals surface area (Å²) < 4.78 is 11.1. The van der Waals surface area contributed by atoms with Gasteiger partial charge in [0.25, 0.3) is 0 Å². The first kappa shape index (κ1) is 15.7. The van der Waals surface area contributed by atoms with Crippen LogP contribution >= 0.6 is 23.2 Å². The first-order chi connectivity index (χ1) is 10.1. The molecule has 0 aliphatic carbocycles. The lowest BCUT2D eigenvalue weighted by atomic mass is 10.1. The van der Waals surface area contributed by atoms with Crippen LogP contribution in [0.1, 0.15) is 17.3 Å². The van der Waals surface area contributed by atoms with Gasteiger partial charge in [-0.3, -0.25) is 4.79 Å². The van der Waals surface area contributed by atoms with Gasteiger partial charge in [0.2, 0.25) is 0 Å². The zero-order chi connectivity index (χ0) is 15.2. The second-order valence-corrected chi connectivity index (χ2v) is 5.09. The minimum atomic E-state index is -0.0376. The number of ether oxygens (including phenoxy) is 2. The van der Waals surface area contributed by atoms with Gasteiger partial charge in [0.05, 0.1) is 10.6 Å². The fraction of sp³-hybridized carbons (Fsp3) is 0.188. The molecule has 5 heteroatoms. The number of carbonyl (C=O) groups is 1. The Balaban J connectivity index is 1.91. The molecule has 0 saturated carbocycles. The van der Waals surface area contributed by atoms with Crippen molar-refractivity contribution in [2.45, 2.75) is 6.92 Å². The van der Waals surface area contributed by atoms with Gasteiger partial charge in [-0.1, -0.05) is 41.4 Å². The Bertz CT molecular complexity index is 641. The second-order valence-electron chi connectivity index (χ2n) is 4.30. The van der Waals surface area contributed by atoms with E-state index in [-0.39, 0.29) is 5.78 Å². The molecule has 2 aromatic rings. The van der Waals surface area contributed by atoms with Crippen LogP contribution in [0.25, 0.3) is 0 Å². The number of hydrogen-bond donors (Lipinski definition) is 0. The maximum Gasteiger partial charge on any atom is 0.163 e. The lowest BCUT2D eigenvalue weighted by Gasteiger charge is -2.11. The van der Waals surface area contributed by atoms with Crippen LogP contribution in [0.3, 0.4) is 0 Å². The predicted octanol–water partition coefficient (Wildman–Crippen LogP) is 4.65. The summed E-state index contributed by atoms with van der Waals surface area (Å²) in [6, 6.07) is 12.3. The molecule has 0 atom stereocenters. The average molecular weight is 325 g/mol. The van der Waals surface area contributed by atoms with Crippen LogP contribution in [0.5, 0.6) is 11.5 Å². The van der Waals surface area contributed by atoms with Gasteiger partial charge in [-0.05, 0) is 31.2 Å². The number of Topliss-reactive ketones (excluding diaryl/α,β-unsaturated/α-hetero) is 1. The summed E-state index contributed by atoms with van der Waals surface area (Å²) in [6.45, 7) is 2.10. The van der Waals surface area contributed by atoms with Gasteiger partial charge >= 0.3 is 0 Å². The van der Waals surface area contributed by atoms with Gasteiger partial charge in [0.1, 0.15) is 29.7 Å². The van der Waals surface area contributed by atoms with Crippen LogP contribution in [-0.4, -0.2) is 19.0 Å². The van der Waals surface area contributed by atoms with Crippen molar-refractivity contribution in [3.63, 3.8) is 0 Å². The number of rotatable bonds is 6. The van der Waals surface area contributed by atoms with E-state index in [1.807, 2.05) is 6.07 Å². The van der Waals surface area contributed by atoms with E-state index >= 15 is 0 Å². The Morgan fingerprint density at radius 2 is 1.57 bits per heavy atom. The number of ketones is 1. The maximum absolute atomic E-state index is 11.5. The monoisotopic (exact) mass is 324 g/mol. The Kier molecular flexibility index (Phi) is 5.48. The number of carbonyl (C=O) groups excluding carboxylic acids is 1. The molecule has 0 bridgehead atoms. The van der Waals surface area contributed by atoms with Crippen LogP contribution in [0, 0.1) is 0 Å². The fourth-order valence-corrected chi connectivity index (χ4v) is 2.13. The molecule has 0 radical (unpaired) electrons. The van der Waals surface area contributed by atoms with E-state index in [4.69, 9.17) is 32.7 Å². The summed E-state index contributed by atoms with van der Waals surface area (Å²) in [5.41, 5.74) is 0.554. The zero-order valence-corrected chi connectivity index (χ0v) is 12.9. The van der Waals surface area contributed by atoms with E-state index in [9.17, 15) is 4.79 Å². The summed E-state index contributed by atoms with van der Waals surface area (Å²) in [5.74, 6) is 1.02. The molecular formula is C16H14Cl2O3. The number of halogens is 2. The smallest absolute Gasteiger partial charge is 0.163 e. The molecular weight excluding hydrogens is 311 g/mol. The van der Waals surface area contributed by atoms with Crippen molar-refractivity contribution in [2.75, 3.05) is 13.2 Å². The summed E-state index contributed by atoms with van der Waals surface area (Å²) in [6.07, 6.45) is 0. The molecule has 2 aromatic carbocycles. The third-order valence-corrected chi connectivity index (χ3v) is 3.58. The Morgan fingerprint density at radius 1 is 0.952 bits per heavy atom. The SMILES string of the molecule is CC(=O)c1ccccc1OCCOc1cccc(Cl)c1Cl. The lowest BCUT2D eigenvalue weighted by Crippen LogP contribution is -2.11. The third kappa shape index (κ3) is 4.13. The average Bonchev–Trinajstić information content (AvgIpc) is 2.48. The Morgan fingerprint density at radius 3 is 2.29 bits per heavy atom. The van der Waals surface area contributed by atoms with Crippen molar-refractivity contribution in [3.8, 4) is 11.5 Å². The van der Waals surface area contributed by atoms with Gasteiger partial charge in [-0.15, -0.1) is 0 Å². The van der Waals surface area contributed by atoms with E-state index < -0.39 is 0 Å². The largest absolute Gasteiger partial charge is 0.489 e. The minimum absolute atomic E-state index is 0.0376. The number of para-hydroxylation sites is 1. The molecule has 21 heavy (non-hydrogen) atoms. The normalized spacial score (nSPS) is 10.2. The second kappa shape index (κ2) is 7.34. The van der Waals surface area contributed by atoms with Crippen molar-refractivity contribution in [2.24, 2.45) is 0 Å². The van der Waals surface area contributed by atoms with Crippen molar-refractivity contribution in [1.82, 2.24) is 0 Å². The highest BCUT2D eigenvalue weighted by Crippen LogP contribution is 2.31. The molecule has 0 unspecified atom stereocenters. The standard InChI is InChI=1S/C16H14Cl2O3/c1-11(19)12-5-2-3-7-14(12)20-9-10-21-15-8-4-6-13(17)16(15)18/h2-8H,9-10H2,1H3. The number of hydrogen-bond acceptors (Lipinski definition) is 3. The van der Waals surface area contributed by atoms with Crippen LogP contribution in [-0.2, 0) is 0 Å². The summed E-state index contributed by atoms with van der Waals surface area (Å²) in [7, 11) is 0. The highest BCUT2D eigenvalue weighted by atomic mass is 35.5. The van der Waals surface area contributed by atoms with Crippen LogP contribution in [0.15, 0.2) is 42.5 Å². The maximum atomic E-state index is 11.5. The fourth-order valence-electron chi connectivity index (χ4n) is 1.78. The summed E-state index contributed by atoms with van der Waals surface area (Å²) in [4.78, 5) is 11.5. The molecule has 3 nitrogen and oxygen atoms in total. The molecule has 0 amide bonds. The summed E-state index contributed by atoms with van der Waals surface area (Å²) in [5, 5.41) is 0.820. The quantitative estimate of drug-likeness (QED) is 0.573. The van der Waals surface area contributed by atoms with E-state index in [2.05, 4.69) is 0 Å². The van der Waals surface area contributed by atoms with Crippen molar-refractivity contribution < 1.29 is 14.3 Å². The van der Waals surface area contributed by atoms with E-state index in [1.165, 1.54) is 6.92 Å². The van der Waals surface area contributed by atoms with Gasteiger partial charge < -0.3 is 9.47 Å². The molecule has 110 valence electrons. The Hall–Kier alpha value is -1.71. The molecule has 0 N–H and O–H groups in total. The molecule has 0 aliphatic rings. The lowest BCUT2D eigenvalue weighted by molar-refractivity contribution is 0.101. The molecule has 0 saturated heterocycles. The van der Waals surface area contributed by atoms with E-state index in [0.717, 1.165) is 0 Å². The predicted molar refractivity (Wildman–Crippen MR) is 83.9 cm³/mol. The van der Waals surface area contributed by atoms with Crippen LogP contribution in [0.4, 0.5) is 0 Å². The van der Waals surface area contributed by atoms with E-state index in [0.29, 0.717) is 40.3 Å². The molecule has 0 aliphatic heterocycles. The van der Waals surface area contributed by atoms with Crippen LogP contribution in [0.2, 0.25) is 10.0 Å². The van der Waals surface area contributed by atoms with E-state index in [1.54, 1.807) is 36.4 Å². The number of benzene rings is 2. The molecule has 0 heterocycles. The zero-order valence-electron chi connectivity index (χ0n) is 11.4. The van der Waals surface area contributed by atoms with Crippen molar-refractivity contribution in [1.29, 1.82) is 0 Å². The first-order valence-electron chi connectivity index (χ1n) is 6.39. The van der Waals surface area contributed by atoms with Gasteiger partial charge in [-0.25, -0.2) is 0 Å². The molecule has 0 fully saturated rings. The summed E-state index contributed by atoms with van der Waals surface area (Å²) >= 11 is 11.9. The molecule has 0 spiro atoms. The van der Waals surface area contributed by atoms with Crippen molar-refractivity contribution >= 4 is 29.0 Å². The topological polar surface area (TPSA) is 35.5 Å². The van der Waals surface area contributed by atoms with Gasteiger partial charge in [0.15, 0.2) is 5.78 Å². The highest BCUT2D eigenvalue weighted by Gasteiger charge is 2.08. The Labute approximate surface area is 133 Å². The van der Waals surface area contributed by atoms with Crippen molar-refractivity contribution in [3.05, 3.63) is 58.1 Å². The van der Waals surface area contributed by atoms with Gasteiger partial charge in [-0.2, -0.15) is 0 Å².